The fourth-order valence-corrected chi connectivity index (χ4v) is 6.83. The zero-order chi connectivity index (χ0) is 26.8. The molecule has 0 bridgehead atoms. The lowest BCUT2D eigenvalue weighted by Gasteiger charge is -2.49. The van der Waals surface area contributed by atoms with Crippen molar-refractivity contribution in [2.75, 3.05) is 6.54 Å². The lowest BCUT2D eigenvalue weighted by molar-refractivity contribution is -0.142. The molecule has 2 N–H and O–H groups in total. The second-order valence-electron chi connectivity index (χ2n) is 12.5. The van der Waals surface area contributed by atoms with E-state index in [1.54, 1.807) is 20.8 Å². The highest BCUT2D eigenvalue weighted by Crippen LogP contribution is 2.63. The Morgan fingerprint density at radius 2 is 1.86 bits per heavy atom. The van der Waals surface area contributed by atoms with Crippen LogP contribution in [0.15, 0.2) is 27.7 Å². The van der Waals surface area contributed by atoms with Crippen LogP contribution in [0.2, 0.25) is 0 Å². The van der Waals surface area contributed by atoms with Gasteiger partial charge in [0.25, 0.3) is 5.91 Å². The van der Waals surface area contributed by atoms with E-state index < -0.39 is 34.4 Å². The Balaban J connectivity index is 1.90. The Morgan fingerprint density at radius 1 is 1.25 bits per heavy atom. The summed E-state index contributed by atoms with van der Waals surface area (Å²) in [7, 11) is 0. The van der Waals surface area contributed by atoms with E-state index in [0.29, 0.717) is 19.3 Å². The van der Waals surface area contributed by atoms with Crippen molar-refractivity contribution in [3.8, 4) is 0 Å². The number of alkyl carbamates (subject to hydrolysis) is 1. The summed E-state index contributed by atoms with van der Waals surface area (Å²) >= 11 is 3.55. The molecule has 0 saturated heterocycles. The minimum atomic E-state index is -1.73. The molecule has 1 heterocycles. The fraction of sp³-hybridized carbons (Fsp3) is 0.667. The van der Waals surface area contributed by atoms with E-state index in [2.05, 4.69) is 21.2 Å². The molecular formula is C27H37BrFN3O4. The molecule has 0 radical (unpaired) electrons. The van der Waals surface area contributed by atoms with Crippen LogP contribution in [0.25, 0.3) is 0 Å². The largest absolute Gasteiger partial charge is 0.444 e. The molecule has 4 rings (SSSR count). The summed E-state index contributed by atoms with van der Waals surface area (Å²) in [5.41, 5.74) is -2.69. The number of nitrogens with one attached hydrogen (secondary N) is 1. The van der Waals surface area contributed by atoms with Crippen molar-refractivity contribution < 1.29 is 23.8 Å². The number of aliphatic hydroxyl groups excluding tert-OH is 1. The average Bonchev–Trinajstić information content (AvgIpc) is 3.11. The molecule has 1 saturated carbocycles. The first kappa shape index (κ1) is 27.0. The summed E-state index contributed by atoms with van der Waals surface area (Å²) in [4.78, 5) is 33.5. The van der Waals surface area contributed by atoms with Crippen LogP contribution in [-0.4, -0.2) is 51.9 Å². The molecule has 1 aliphatic heterocycles. The maximum absolute atomic E-state index is 15.0. The number of fused-ring (bicyclic) bond motifs is 3. The average molecular weight is 567 g/mol. The number of hydrogen-bond acceptors (Lipinski definition) is 5. The molecule has 9 heteroatoms. The van der Waals surface area contributed by atoms with Crippen molar-refractivity contribution in [2.24, 2.45) is 22.2 Å². The number of hydrogen-bond donors (Lipinski definition) is 2. The van der Waals surface area contributed by atoms with Crippen LogP contribution in [0, 0.1) is 17.3 Å². The van der Waals surface area contributed by atoms with Gasteiger partial charge in [-0.2, -0.15) is 0 Å². The lowest BCUT2D eigenvalue weighted by Crippen LogP contribution is -2.56. The molecular weight excluding hydrogens is 529 g/mol. The third kappa shape index (κ3) is 4.57. The number of carbonyl (C=O) groups excluding carboxylic acids is 2. The quantitative estimate of drug-likeness (QED) is 0.522. The highest BCUT2D eigenvalue weighted by atomic mass is 79.9. The van der Waals surface area contributed by atoms with Gasteiger partial charge in [0, 0.05) is 9.89 Å². The van der Waals surface area contributed by atoms with Gasteiger partial charge in [0.15, 0.2) is 5.54 Å². The van der Waals surface area contributed by atoms with E-state index in [1.807, 2.05) is 32.0 Å². The van der Waals surface area contributed by atoms with Crippen LogP contribution < -0.4 is 5.32 Å². The van der Waals surface area contributed by atoms with Gasteiger partial charge in [-0.25, -0.2) is 14.2 Å². The number of halogens is 2. The summed E-state index contributed by atoms with van der Waals surface area (Å²) in [6.07, 6.45) is 0.525. The smallest absolute Gasteiger partial charge is 0.414 e. The monoisotopic (exact) mass is 565 g/mol. The molecule has 0 aromatic heterocycles. The first-order valence-electron chi connectivity index (χ1n) is 12.6. The minimum absolute atomic E-state index is 0.00129. The van der Waals surface area contributed by atoms with Crippen LogP contribution in [0.1, 0.15) is 72.4 Å². The summed E-state index contributed by atoms with van der Waals surface area (Å²) in [5.74, 6) is -0.467. The Kier molecular flexibility index (Phi) is 6.60. The van der Waals surface area contributed by atoms with Crippen LogP contribution in [0.3, 0.4) is 0 Å². The van der Waals surface area contributed by atoms with Crippen molar-refractivity contribution in [1.82, 2.24) is 10.2 Å². The van der Waals surface area contributed by atoms with Gasteiger partial charge in [-0.05, 0) is 89.0 Å². The van der Waals surface area contributed by atoms with Gasteiger partial charge in [-0.1, -0.05) is 35.8 Å². The Labute approximate surface area is 221 Å². The van der Waals surface area contributed by atoms with E-state index in [9.17, 15) is 14.7 Å². The summed E-state index contributed by atoms with van der Waals surface area (Å²) in [6, 6.07) is 5.87. The number of benzene rings is 1. The van der Waals surface area contributed by atoms with E-state index in [4.69, 9.17) is 9.73 Å². The highest BCUT2D eigenvalue weighted by Gasteiger charge is 2.68. The van der Waals surface area contributed by atoms with Crippen LogP contribution in [-0.2, 0) is 21.5 Å². The third-order valence-electron chi connectivity index (χ3n) is 7.58. The lowest BCUT2D eigenvalue weighted by atomic mass is 9.56. The topological polar surface area (TPSA) is 91.2 Å². The summed E-state index contributed by atoms with van der Waals surface area (Å²) in [5, 5.41) is 13.4. The molecule has 0 unspecified atom stereocenters. The number of nitrogens with zero attached hydrogens (tertiary/aromatic N) is 2. The maximum Gasteiger partial charge on any atom is 0.414 e. The van der Waals surface area contributed by atoms with E-state index in [1.165, 1.54) is 18.7 Å². The number of aliphatic hydroxyl groups is 1. The van der Waals surface area contributed by atoms with Crippen molar-refractivity contribution in [2.45, 2.75) is 90.6 Å². The zero-order valence-corrected chi connectivity index (χ0v) is 23.7. The number of amides is 2. The van der Waals surface area contributed by atoms with Crippen molar-refractivity contribution in [3.05, 3.63) is 33.8 Å². The number of aliphatic imine (C=N–C) groups is 1. The maximum atomic E-state index is 15.0. The van der Waals surface area contributed by atoms with Crippen LogP contribution >= 0.6 is 15.9 Å². The molecule has 1 fully saturated rings. The highest BCUT2D eigenvalue weighted by molar-refractivity contribution is 9.10. The second-order valence-corrected chi connectivity index (χ2v) is 13.4. The van der Waals surface area contributed by atoms with E-state index in [-0.39, 0.29) is 30.2 Å². The van der Waals surface area contributed by atoms with Crippen LogP contribution in [0.5, 0.6) is 0 Å². The van der Waals surface area contributed by atoms with Gasteiger partial charge in [0.05, 0.1) is 12.6 Å². The molecule has 7 nitrogen and oxygen atoms in total. The fourth-order valence-electron chi connectivity index (χ4n) is 6.47. The van der Waals surface area contributed by atoms with Gasteiger partial charge in [-0.15, -0.1) is 0 Å². The molecule has 198 valence electrons. The molecule has 1 aromatic carbocycles. The van der Waals surface area contributed by atoms with E-state index in [0.717, 1.165) is 15.6 Å². The third-order valence-corrected chi connectivity index (χ3v) is 8.07. The number of alkyl halides is 1. The van der Waals surface area contributed by atoms with Gasteiger partial charge in [0.2, 0.25) is 5.96 Å². The van der Waals surface area contributed by atoms with Crippen molar-refractivity contribution >= 4 is 33.9 Å². The predicted octanol–water partition coefficient (Wildman–Crippen LogP) is 5.08. The van der Waals surface area contributed by atoms with Crippen molar-refractivity contribution in [1.29, 1.82) is 0 Å². The molecule has 2 amide bonds. The second kappa shape index (κ2) is 8.79. The van der Waals surface area contributed by atoms with Gasteiger partial charge >= 0.3 is 6.09 Å². The number of rotatable bonds is 2. The summed E-state index contributed by atoms with van der Waals surface area (Å²) < 4.78 is 21.3. The van der Waals surface area contributed by atoms with Gasteiger partial charge < -0.3 is 9.84 Å². The Bertz CT molecular complexity index is 1100. The normalized spacial score (nSPS) is 32.2. The SMILES string of the molecule is C[C@@H]1C[C@@]2(Cc3ccc(Br)cc3[C@]23N=C(NC(=O)OC(C)(C)C)N(CC(C)(C)F)C3=O)C[C@H](C)[C@H]1O. The number of guanidine groups is 1. The predicted molar refractivity (Wildman–Crippen MR) is 139 cm³/mol. The van der Waals surface area contributed by atoms with Crippen LogP contribution in [0.4, 0.5) is 9.18 Å². The molecule has 1 aromatic rings. The minimum Gasteiger partial charge on any atom is -0.444 e. The Hall–Kier alpha value is -2.00. The molecule has 36 heavy (non-hydrogen) atoms. The van der Waals surface area contributed by atoms with E-state index >= 15 is 4.39 Å². The Morgan fingerprint density at radius 3 is 2.42 bits per heavy atom. The first-order chi connectivity index (χ1) is 16.5. The molecule has 3 aliphatic rings. The zero-order valence-electron chi connectivity index (χ0n) is 22.1. The molecule has 5 atom stereocenters. The number of ether oxygens (including phenoxy) is 1. The molecule has 2 aliphatic carbocycles. The van der Waals surface area contributed by atoms with Gasteiger partial charge in [0.1, 0.15) is 11.3 Å². The number of carbonyl (C=O) groups is 2. The molecule has 2 spiro atoms. The standard InChI is InChI=1S/C27H37BrFN3O4/c1-15-11-26(12-16(2)20(15)33)13-17-8-9-18(28)10-19(17)27(26)21(34)32(14-25(6,7)29)22(31-27)30-23(35)36-24(3,4)5/h8-10,15-16,20,33H,11-14H2,1-7H3,(H,30,31,35)/t15-,16+,20+,26+,27-/m1/s1. The summed E-state index contributed by atoms with van der Waals surface area (Å²) in [6.45, 7) is 11.8. The first-order valence-corrected chi connectivity index (χ1v) is 13.3. The van der Waals surface area contributed by atoms with Gasteiger partial charge in [-0.3, -0.25) is 15.0 Å². The van der Waals surface area contributed by atoms with Crippen molar-refractivity contribution in [3.63, 3.8) is 0 Å².